The predicted molar refractivity (Wildman–Crippen MR) is 134 cm³/mol. The highest BCUT2D eigenvalue weighted by Crippen LogP contribution is 2.35. The van der Waals surface area contributed by atoms with E-state index in [2.05, 4.69) is 96.7 Å². The summed E-state index contributed by atoms with van der Waals surface area (Å²) in [5.74, 6) is 0.326. The molecule has 0 saturated heterocycles. The molecule has 0 spiro atoms. The first-order chi connectivity index (χ1) is 14.2. The Morgan fingerprint density at radius 3 is 2.33 bits per heavy atom. The highest BCUT2D eigenvalue weighted by molar-refractivity contribution is 6.73. The lowest BCUT2D eigenvalue weighted by Gasteiger charge is -2.41. The van der Waals surface area contributed by atoms with Crippen molar-refractivity contribution in [2.45, 2.75) is 84.5 Å². The highest BCUT2D eigenvalue weighted by Gasteiger charge is 2.38. The van der Waals surface area contributed by atoms with Crippen LogP contribution in [0.1, 0.15) is 66.4 Å². The van der Waals surface area contributed by atoms with Gasteiger partial charge in [0.1, 0.15) is 0 Å². The van der Waals surface area contributed by atoms with Crippen LogP contribution in [0.3, 0.4) is 0 Å². The molecule has 30 heavy (non-hydrogen) atoms. The van der Waals surface area contributed by atoms with E-state index in [1.54, 1.807) is 0 Å². The first kappa shape index (κ1) is 26.1. The van der Waals surface area contributed by atoms with Crippen LogP contribution in [0.25, 0.3) is 6.08 Å². The molecule has 0 aliphatic rings. The van der Waals surface area contributed by atoms with Gasteiger partial charge in [0.25, 0.3) is 0 Å². The Morgan fingerprint density at radius 2 is 1.80 bits per heavy atom. The molecule has 1 aromatic rings. The zero-order valence-corrected chi connectivity index (χ0v) is 21.0. The zero-order valence-electron chi connectivity index (χ0n) is 20.0. The van der Waals surface area contributed by atoms with Crippen LogP contribution in [-0.2, 0) is 4.43 Å². The van der Waals surface area contributed by atoms with Gasteiger partial charge in [0.2, 0.25) is 0 Å². The largest absolute Gasteiger partial charge is 0.408 e. The number of rotatable bonds is 13. The molecular formula is C27H41NOSi. The fourth-order valence-corrected chi connectivity index (χ4v) is 7.04. The summed E-state index contributed by atoms with van der Waals surface area (Å²) in [7, 11) is -1.79. The maximum Gasteiger partial charge on any atom is 0.193 e. The van der Waals surface area contributed by atoms with Crippen molar-refractivity contribution in [3.63, 3.8) is 0 Å². The average Bonchev–Trinajstić information content (AvgIpc) is 2.73. The number of hydrogen-bond donors (Lipinski definition) is 0. The van der Waals surface area contributed by atoms with Crippen molar-refractivity contribution in [2.24, 2.45) is 5.92 Å². The van der Waals surface area contributed by atoms with E-state index in [-0.39, 0.29) is 5.60 Å². The molecule has 0 N–H and O–H groups in total. The first-order valence-corrected chi connectivity index (χ1v) is 13.9. The number of nitrogens with zero attached hydrogens (tertiary/aromatic N) is 1. The monoisotopic (exact) mass is 423 g/mol. The third-order valence-electron chi connectivity index (χ3n) is 6.30. The summed E-state index contributed by atoms with van der Waals surface area (Å²) in [6.45, 7) is 17.6. The molecule has 1 aromatic carbocycles. The number of hydrogen-bond acceptors (Lipinski definition) is 2. The first-order valence-electron chi connectivity index (χ1n) is 11.4. The van der Waals surface area contributed by atoms with E-state index in [1.807, 2.05) is 6.07 Å². The molecule has 2 atom stereocenters. The molecule has 1 rings (SSSR count). The van der Waals surface area contributed by atoms with E-state index in [0.717, 1.165) is 36.5 Å². The van der Waals surface area contributed by atoms with Crippen molar-refractivity contribution in [3.8, 4) is 6.07 Å². The van der Waals surface area contributed by atoms with E-state index in [0.29, 0.717) is 12.3 Å². The summed E-state index contributed by atoms with van der Waals surface area (Å²) in [4.78, 5) is 0. The van der Waals surface area contributed by atoms with Gasteiger partial charge < -0.3 is 4.43 Å². The lowest BCUT2D eigenvalue weighted by Crippen LogP contribution is -2.46. The van der Waals surface area contributed by atoms with E-state index in [1.165, 1.54) is 11.1 Å². The van der Waals surface area contributed by atoms with E-state index in [9.17, 15) is 0 Å². The van der Waals surface area contributed by atoms with Crippen LogP contribution in [0.15, 0.2) is 60.2 Å². The SMILES string of the molecule is C=C(/C=C(\C)C(C)(C/C=C/c1ccccc1)O[Si](CC)(CC)CC)CC(C)CC#N. The Bertz CT molecular complexity index is 747. The fraction of sp³-hybridized carbons (Fsp3) is 0.519. The molecule has 0 heterocycles. The van der Waals surface area contributed by atoms with Crippen LogP contribution in [0.5, 0.6) is 0 Å². The molecule has 0 aliphatic carbocycles. The lowest BCUT2D eigenvalue weighted by atomic mass is 9.89. The van der Waals surface area contributed by atoms with Gasteiger partial charge >= 0.3 is 0 Å². The Labute approximate surface area is 186 Å². The molecule has 3 heteroatoms. The molecular weight excluding hydrogens is 382 g/mol. The smallest absolute Gasteiger partial charge is 0.193 e. The molecule has 0 bridgehead atoms. The fourth-order valence-electron chi connectivity index (χ4n) is 3.90. The number of benzene rings is 1. The molecule has 2 nitrogen and oxygen atoms in total. The standard InChI is InChI=1S/C27H41NOSi/c1-8-30(9-2,10-3)29-27(7,19-14-17-26-15-12-11-13-16-26)25(6)22-24(5)21-23(4)18-20-28/h11-17,22-23H,5,8-10,18-19,21H2,1-4,6-7H3/b17-14+,25-22+. The zero-order chi connectivity index (χ0) is 22.6. The van der Waals surface area contributed by atoms with Crippen molar-refractivity contribution in [1.29, 1.82) is 5.26 Å². The molecule has 0 radical (unpaired) electrons. The van der Waals surface area contributed by atoms with Gasteiger partial charge in [-0.25, -0.2) is 0 Å². The minimum atomic E-state index is -1.79. The van der Waals surface area contributed by atoms with Gasteiger partial charge in [0.05, 0.1) is 11.7 Å². The van der Waals surface area contributed by atoms with Crippen LogP contribution >= 0.6 is 0 Å². The molecule has 0 aliphatic heterocycles. The summed E-state index contributed by atoms with van der Waals surface area (Å²) in [6, 6.07) is 16.1. The van der Waals surface area contributed by atoms with E-state index in [4.69, 9.17) is 9.69 Å². The molecule has 0 amide bonds. The van der Waals surface area contributed by atoms with Crippen LogP contribution < -0.4 is 0 Å². The molecule has 164 valence electrons. The van der Waals surface area contributed by atoms with Crippen LogP contribution in [0.4, 0.5) is 0 Å². The predicted octanol–water partition coefficient (Wildman–Crippen LogP) is 8.31. The minimum Gasteiger partial charge on any atom is -0.408 e. The van der Waals surface area contributed by atoms with Crippen LogP contribution in [-0.4, -0.2) is 13.9 Å². The Balaban J connectivity index is 3.14. The summed E-state index contributed by atoms with van der Waals surface area (Å²) < 4.78 is 7.05. The van der Waals surface area contributed by atoms with Crippen molar-refractivity contribution >= 4 is 14.4 Å². The van der Waals surface area contributed by atoms with Crippen LogP contribution in [0, 0.1) is 17.2 Å². The van der Waals surface area contributed by atoms with Gasteiger partial charge in [-0.05, 0) is 61.9 Å². The second kappa shape index (κ2) is 12.7. The number of allylic oxidation sites excluding steroid dienone is 2. The third kappa shape index (κ3) is 8.09. The van der Waals surface area contributed by atoms with Crippen molar-refractivity contribution < 1.29 is 4.43 Å². The Morgan fingerprint density at radius 1 is 1.20 bits per heavy atom. The van der Waals surface area contributed by atoms with Gasteiger partial charge in [0.15, 0.2) is 8.32 Å². The van der Waals surface area contributed by atoms with Gasteiger partial charge in [0, 0.05) is 6.42 Å². The van der Waals surface area contributed by atoms with Crippen molar-refractivity contribution in [2.75, 3.05) is 0 Å². The van der Waals surface area contributed by atoms with Crippen LogP contribution in [0.2, 0.25) is 18.1 Å². The van der Waals surface area contributed by atoms with Gasteiger partial charge in [-0.2, -0.15) is 5.26 Å². The Hall–Kier alpha value is -1.89. The Kier molecular flexibility index (Phi) is 11.1. The molecule has 0 saturated carbocycles. The topological polar surface area (TPSA) is 33.0 Å². The third-order valence-corrected chi connectivity index (χ3v) is 11.0. The summed E-state index contributed by atoms with van der Waals surface area (Å²) in [5, 5.41) is 8.94. The second-order valence-electron chi connectivity index (χ2n) is 8.75. The molecule has 2 unspecified atom stereocenters. The van der Waals surface area contributed by atoms with Crippen molar-refractivity contribution in [1.82, 2.24) is 0 Å². The van der Waals surface area contributed by atoms with Gasteiger partial charge in [-0.1, -0.05) is 88.4 Å². The van der Waals surface area contributed by atoms with Crippen molar-refractivity contribution in [3.05, 3.63) is 65.8 Å². The van der Waals surface area contributed by atoms with Gasteiger partial charge in [-0.15, -0.1) is 0 Å². The maximum atomic E-state index is 8.94. The number of nitriles is 1. The van der Waals surface area contributed by atoms with E-state index < -0.39 is 8.32 Å². The lowest BCUT2D eigenvalue weighted by molar-refractivity contribution is 0.116. The normalized spacial score (nSPS) is 15.6. The second-order valence-corrected chi connectivity index (χ2v) is 13.4. The quantitative estimate of drug-likeness (QED) is 0.236. The molecule has 0 fully saturated rings. The maximum absolute atomic E-state index is 8.94. The average molecular weight is 424 g/mol. The summed E-state index contributed by atoms with van der Waals surface area (Å²) >= 11 is 0. The van der Waals surface area contributed by atoms with E-state index >= 15 is 0 Å². The molecule has 0 aromatic heterocycles. The summed E-state index contributed by atoms with van der Waals surface area (Å²) in [6.07, 6.45) is 8.87. The minimum absolute atomic E-state index is 0.326. The summed E-state index contributed by atoms with van der Waals surface area (Å²) in [5.41, 5.74) is 3.16. The highest BCUT2D eigenvalue weighted by atomic mass is 28.4. The van der Waals surface area contributed by atoms with Gasteiger partial charge in [-0.3, -0.25) is 0 Å².